The monoisotopic (exact) mass is 419 g/mol. The number of piperazine rings is 1. The number of sulfonamides is 1. The second-order valence-electron chi connectivity index (χ2n) is 7.03. The molecule has 1 amide bonds. The third-order valence-corrected chi connectivity index (χ3v) is 6.83. The van der Waals surface area contributed by atoms with Gasteiger partial charge < -0.3 is 10.2 Å². The quantitative estimate of drug-likeness (QED) is 0.746. The van der Waals surface area contributed by atoms with Gasteiger partial charge in [0.15, 0.2) is 0 Å². The van der Waals surface area contributed by atoms with Gasteiger partial charge in [-0.25, -0.2) is 12.8 Å². The molecule has 156 valence electrons. The number of nitrogens with zero attached hydrogens (tertiary/aromatic N) is 2. The van der Waals surface area contributed by atoms with E-state index in [4.69, 9.17) is 0 Å². The van der Waals surface area contributed by atoms with Crippen LogP contribution >= 0.6 is 0 Å². The number of carbonyl (C=O) groups excluding carboxylic acids is 1. The molecule has 3 rings (SSSR count). The molecule has 1 aliphatic rings. The summed E-state index contributed by atoms with van der Waals surface area (Å²) in [5, 5.41) is 3.17. The summed E-state index contributed by atoms with van der Waals surface area (Å²) < 4.78 is 40.9. The predicted octanol–water partition coefficient (Wildman–Crippen LogP) is 2.01. The Morgan fingerprint density at radius 2 is 1.62 bits per heavy atom. The van der Waals surface area contributed by atoms with E-state index in [0.29, 0.717) is 26.2 Å². The summed E-state index contributed by atoms with van der Waals surface area (Å²) >= 11 is 0. The number of benzene rings is 2. The highest BCUT2D eigenvalue weighted by Crippen LogP contribution is 2.20. The van der Waals surface area contributed by atoms with Gasteiger partial charge in [-0.15, -0.1) is 0 Å². The minimum absolute atomic E-state index is 0.0304. The maximum absolute atomic E-state index is 13.3. The second-order valence-corrected chi connectivity index (χ2v) is 8.97. The summed E-state index contributed by atoms with van der Waals surface area (Å²) in [6.45, 7) is 4.34. The van der Waals surface area contributed by atoms with Crippen LogP contribution in [0.2, 0.25) is 0 Å². The Morgan fingerprint density at radius 3 is 2.21 bits per heavy atom. The molecular weight excluding hydrogens is 393 g/mol. The van der Waals surface area contributed by atoms with Crippen molar-refractivity contribution in [3.63, 3.8) is 0 Å². The van der Waals surface area contributed by atoms with E-state index in [-0.39, 0.29) is 23.9 Å². The highest BCUT2D eigenvalue weighted by atomic mass is 32.2. The van der Waals surface area contributed by atoms with E-state index in [1.807, 2.05) is 31.2 Å². The first-order chi connectivity index (χ1) is 13.9. The first-order valence-corrected chi connectivity index (χ1v) is 11.2. The number of nitrogens with one attached hydrogen (secondary N) is 1. The minimum Gasteiger partial charge on any atom is -0.339 e. The molecule has 2 aromatic carbocycles. The van der Waals surface area contributed by atoms with E-state index in [1.54, 1.807) is 4.90 Å². The molecule has 0 atom stereocenters. The molecule has 1 heterocycles. The van der Waals surface area contributed by atoms with E-state index in [9.17, 15) is 17.6 Å². The molecule has 0 saturated carbocycles. The topological polar surface area (TPSA) is 69.7 Å². The van der Waals surface area contributed by atoms with Gasteiger partial charge in [-0.3, -0.25) is 4.79 Å². The van der Waals surface area contributed by atoms with Crippen LogP contribution in [-0.2, 0) is 27.8 Å². The molecule has 29 heavy (non-hydrogen) atoms. The van der Waals surface area contributed by atoms with Crippen molar-refractivity contribution < 1.29 is 17.6 Å². The van der Waals surface area contributed by atoms with Gasteiger partial charge in [0.1, 0.15) is 5.82 Å². The summed E-state index contributed by atoms with van der Waals surface area (Å²) in [7, 11) is -3.96. The van der Waals surface area contributed by atoms with Gasteiger partial charge in [-0.1, -0.05) is 31.2 Å². The van der Waals surface area contributed by atoms with Crippen LogP contribution in [0, 0.1) is 5.82 Å². The molecule has 0 aliphatic carbocycles. The van der Waals surface area contributed by atoms with Gasteiger partial charge >= 0.3 is 0 Å². The molecule has 1 aliphatic heterocycles. The first-order valence-electron chi connectivity index (χ1n) is 9.72. The summed E-state index contributed by atoms with van der Waals surface area (Å²) in [4.78, 5) is 14.4. The molecular formula is C21H26FN3O3S. The molecule has 1 saturated heterocycles. The smallest absolute Gasteiger partial charge is 0.243 e. The first kappa shape index (κ1) is 21.4. The number of halogens is 1. The average Bonchev–Trinajstić information content (AvgIpc) is 2.74. The van der Waals surface area contributed by atoms with E-state index >= 15 is 0 Å². The van der Waals surface area contributed by atoms with Gasteiger partial charge in [0.2, 0.25) is 15.9 Å². The lowest BCUT2D eigenvalue weighted by Gasteiger charge is -2.30. The molecule has 1 N–H and O–H groups in total. The van der Waals surface area contributed by atoms with E-state index < -0.39 is 15.8 Å². The number of carbonyl (C=O) groups is 1. The van der Waals surface area contributed by atoms with Crippen LogP contribution in [0.25, 0.3) is 0 Å². The molecule has 0 bridgehead atoms. The number of amides is 1. The van der Waals surface area contributed by atoms with Gasteiger partial charge in [0.05, 0.1) is 11.4 Å². The van der Waals surface area contributed by atoms with Crippen molar-refractivity contribution in [2.45, 2.75) is 24.8 Å². The normalized spacial score (nSPS) is 14.9. The lowest BCUT2D eigenvalue weighted by atomic mass is 10.1. The van der Waals surface area contributed by atoms with Crippen LogP contribution in [0.4, 0.5) is 4.39 Å². The van der Waals surface area contributed by atoms with Crippen molar-refractivity contribution in [2.75, 3.05) is 32.7 Å². The summed E-state index contributed by atoms with van der Waals surface area (Å²) in [6, 6.07) is 12.3. The largest absolute Gasteiger partial charge is 0.339 e. The predicted molar refractivity (Wildman–Crippen MR) is 109 cm³/mol. The van der Waals surface area contributed by atoms with Crippen LogP contribution in [-0.4, -0.2) is 56.3 Å². The van der Waals surface area contributed by atoms with Crippen LogP contribution < -0.4 is 5.32 Å². The Kier molecular flexibility index (Phi) is 7.00. The van der Waals surface area contributed by atoms with Crippen molar-refractivity contribution in [1.29, 1.82) is 0 Å². The number of hydrogen-bond acceptors (Lipinski definition) is 4. The Labute approximate surface area is 171 Å². The third-order valence-electron chi connectivity index (χ3n) is 5.02. The number of aryl methyl sites for hydroxylation is 1. The molecule has 0 spiro atoms. The van der Waals surface area contributed by atoms with E-state index in [1.165, 1.54) is 16.4 Å². The maximum atomic E-state index is 13.3. The fourth-order valence-electron chi connectivity index (χ4n) is 3.23. The molecule has 0 aromatic heterocycles. The number of hydrogen-bond donors (Lipinski definition) is 1. The SMILES string of the molecule is CCc1ccc(CN(CC(=O)N2CCNCC2)S(=O)(=O)c2ccc(F)cc2)cc1. The molecule has 2 aromatic rings. The Morgan fingerprint density at radius 1 is 1.03 bits per heavy atom. The summed E-state index contributed by atoms with van der Waals surface area (Å²) in [5.74, 6) is -0.745. The van der Waals surface area contributed by atoms with Crippen molar-refractivity contribution in [2.24, 2.45) is 0 Å². The van der Waals surface area contributed by atoms with Crippen molar-refractivity contribution in [3.8, 4) is 0 Å². The van der Waals surface area contributed by atoms with E-state index in [0.717, 1.165) is 29.7 Å². The minimum atomic E-state index is -3.96. The highest BCUT2D eigenvalue weighted by molar-refractivity contribution is 7.89. The Balaban J connectivity index is 1.86. The average molecular weight is 420 g/mol. The van der Waals surface area contributed by atoms with Crippen LogP contribution in [0.1, 0.15) is 18.1 Å². The zero-order valence-electron chi connectivity index (χ0n) is 16.5. The molecule has 1 fully saturated rings. The molecule has 8 heteroatoms. The molecule has 0 radical (unpaired) electrons. The molecule has 0 unspecified atom stereocenters. The summed E-state index contributed by atoms with van der Waals surface area (Å²) in [6.07, 6.45) is 0.888. The Bertz CT molecular complexity index is 925. The van der Waals surface area contributed by atoms with Crippen LogP contribution in [0.5, 0.6) is 0 Å². The fourth-order valence-corrected chi connectivity index (χ4v) is 4.61. The summed E-state index contributed by atoms with van der Waals surface area (Å²) in [5.41, 5.74) is 1.94. The lowest BCUT2D eigenvalue weighted by Crippen LogP contribution is -2.50. The zero-order chi connectivity index (χ0) is 20.9. The van der Waals surface area contributed by atoms with Crippen molar-refractivity contribution in [3.05, 3.63) is 65.5 Å². The fraction of sp³-hybridized carbons (Fsp3) is 0.381. The van der Waals surface area contributed by atoms with Crippen molar-refractivity contribution >= 4 is 15.9 Å². The highest BCUT2D eigenvalue weighted by Gasteiger charge is 2.29. The van der Waals surface area contributed by atoms with E-state index in [2.05, 4.69) is 5.32 Å². The van der Waals surface area contributed by atoms with Gasteiger partial charge in [-0.2, -0.15) is 4.31 Å². The van der Waals surface area contributed by atoms with Gasteiger partial charge in [0.25, 0.3) is 0 Å². The van der Waals surface area contributed by atoms with Gasteiger partial charge in [-0.05, 0) is 41.8 Å². The third kappa shape index (κ3) is 5.41. The van der Waals surface area contributed by atoms with Crippen LogP contribution in [0.15, 0.2) is 53.4 Å². The van der Waals surface area contributed by atoms with Crippen LogP contribution in [0.3, 0.4) is 0 Å². The maximum Gasteiger partial charge on any atom is 0.243 e. The number of rotatable bonds is 7. The standard InChI is InChI=1S/C21H26FN3O3S/c1-2-17-3-5-18(6-4-17)15-25(16-21(26)24-13-11-23-12-14-24)29(27,28)20-9-7-19(22)8-10-20/h3-10,23H,2,11-16H2,1H3. The Hall–Kier alpha value is -2.29. The second kappa shape index (κ2) is 9.47. The molecule has 6 nitrogen and oxygen atoms in total. The lowest BCUT2D eigenvalue weighted by molar-refractivity contribution is -0.132. The zero-order valence-corrected chi connectivity index (χ0v) is 17.3. The van der Waals surface area contributed by atoms with Crippen molar-refractivity contribution in [1.82, 2.24) is 14.5 Å². The van der Waals surface area contributed by atoms with Gasteiger partial charge in [0, 0.05) is 32.7 Å².